The van der Waals surface area contributed by atoms with Crippen LogP contribution in [0.4, 0.5) is 0 Å². The topological polar surface area (TPSA) is 21.8 Å². The molecule has 1 unspecified atom stereocenters. The van der Waals surface area contributed by atoms with Crippen molar-refractivity contribution >= 4 is 0 Å². The fourth-order valence-electron chi connectivity index (χ4n) is 2.59. The van der Waals surface area contributed by atoms with Gasteiger partial charge in [0.25, 0.3) is 0 Å². The van der Waals surface area contributed by atoms with Gasteiger partial charge in [-0.05, 0) is 67.0 Å². The molecule has 0 aliphatic carbocycles. The molecule has 1 atom stereocenters. The van der Waals surface area contributed by atoms with Gasteiger partial charge in [-0.3, -0.25) is 0 Å². The molecule has 2 heterocycles. The van der Waals surface area contributed by atoms with Crippen molar-refractivity contribution < 1.29 is 0 Å². The summed E-state index contributed by atoms with van der Waals surface area (Å²) in [5.74, 6) is 0. The molecule has 2 aliphatic heterocycles. The molecular formula is C17H40N4. The van der Waals surface area contributed by atoms with Crippen LogP contribution in [-0.2, 0) is 0 Å². The molecular weight excluding hydrogens is 260 g/mol. The number of likely N-dealkylation sites (N-methyl/N-ethyl adjacent to an activating group) is 1. The number of hydrogen-bond donors (Lipinski definition) is 1. The van der Waals surface area contributed by atoms with Crippen molar-refractivity contribution in [3.8, 4) is 0 Å². The summed E-state index contributed by atoms with van der Waals surface area (Å²) >= 11 is 0. The smallest absolute Gasteiger partial charge is 0.0104 e. The van der Waals surface area contributed by atoms with Gasteiger partial charge in [-0.15, -0.1) is 0 Å². The normalized spacial score (nSPS) is 21.3. The predicted molar refractivity (Wildman–Crippen MR) is 95.2 cm³/mol. The highest BCUT2D eigenvalue weighted by Gasteiger charge is 2.17. The number of nitrogens with one attached hydrogen (secondary N) is 1. The highest BCUT2D eigenvalue weighted by atomic mass is 15.2. The third-order valence-corrected chi connectivity index (χ3v) is 4.10. The van der Waals surface area contributed by atoms with Gasteiger partial charge in [0.1, 0.15) is 0 Å². The summed E-state index contributed by atoms with van der Waals surface area (Å²) in [5, 5.41) is 3.27. The fraction of sp³-hybridized carbons (Fsp3) is 1.00. The third-order valence-electron chi connectivity index (χ3n) is 4.10. The van der Waals surface area contributed by atoms with Crippen LogP contribution in [0.2, 0.25) is 0 Å². The Hall–Kier alpha value is -0.160. The first-order valence-electron chi connectivity index (χ1n) is 8.87. The second-order valence-electron chi connectivity index (χ2n) is 6.24. The summed E-state index contributed by atoms with van der Waals surface area (Å²) in [6, 6.07) is 0.787. The van der Waals surface area contributed by atoms with E-state index in [0.717, 1.165) is 19.1 Å². The van der Waals surface area contributed by atoms with E-state index in [9.17, 15) is 0 Å². The van der Waals surface area contributed by atoms with E-state index in [1.807, 2.05) is 13.8 Å². The molecule has 2 saturated heterocycles. The van der Waals surface area contributed by atoms with Gasteiger partial charge in [0, 0.05) is 32.2 Å². The highest BCUT2D eigenvalue weighted by molar-refractivity contribution is 4.73. The Morgan fingerprint density at radius 3 is 1.90 bits per heavy atom. The van der Waals surface area contributed by atoms with Gasteiger partial charge in [-0.2, -0.15) is 0 Å². The van der Waals surface area contributed by atoms with E-state index in [2.05, 4.69) is 48.1 Å². The predicted octanol–water partition coefficient (Wildman–Crippen LogP) is 1.97. The maximum absolute atomic E-state index is 3.27. The summed E-state index contributed by atoms with van der Waals surface area (Å²) < 4.78 is 0. The lowest BCUT2D eigenvalue weighted by Crippen LogP contribution is -2.40. The van der Waals surface area contributed by atoms with Crippen molar-refractivity contribution in [2.75, 3.05) is 67.0 Å². The minimum absolute atomic E-state index is 0.787. The van der Waals surface area contributed by atoms with E-state index in [4.69, 9.17) is 0 Å². The van der Waals surface area contributed by atoms with Crippen molar-refractivity contribution in [3.05, 3.63) is 0 Å². The van der Waals surface area contributed by atoms with Gasteiger partial charge in [-0.1, -0.05) is 13.8 Å². The Morgan fingerprint density at radius 2 is 1.52 bits per heavy atom. The molecule has 0 aromatic carbocycles. The lowest BCUT2D eigenvalue weighted by molar-refractivity contribution is 0.228. The molecule has 0 amide bonds. The molecule has 21 heavy (non-hydrogen) atoms. The van der Waals surface area contributed by atoms with Gasteiger partial charge in [0.15, 0.2) is 0 Å². The first-order chi connectivity index (χ1) is 10.1. The number of piperazine rings is 1. The van der Waals surface area contributed by atoms with Gasteiger partial charge in [0.2, 0.25) is 0 Å². The Balaban J connectivity index is 0.000000377. The van der Waals surface area contributed by atoms with Gasteiger partial charge in [-0.25, -0.2) is 0 Å². The van der Waals surface area contributed by atoms with Crippen LogP contribution in [0.1, 0.15) is 40.0 Å². The average Bonchev–Trinajstić information content (AvgIpc) is 3.03. The zero-order valence-corrected chi connectivity index (χ0v) is 15.5. The summed E-state index contributed by atoms with van der Waals surface area (Å²) in [7, 11) is 6.45. The molecule has 1 N–H and O–H groups in total. The molecule has 0 spiro atoms. The van der Waals surface area contributed by atoms with Crippen LogP contribution in [0.25, 0.3) is 0 Å². The Morgan fingerprint density at radius 1 is 1.00 bits per heavy atom. The van der Waals surface area contributed by atoms with Crippen LogP contribution in [0.15, 0.2) is 0 Å². The van der Waals surface area contributed by atoms with Crippen molar-refractivity contribution in [3.63, 3.8) is 0 Å². The first kappa shape index (κ1) is 20.8. The zero-order valence-electron chi connectivity index (χ0n) is 15.5. The van der Waals surface area contributed by atoms with Crippen molar-refractivity contribution in [1.29, 1.82) is 0 Å². The molecule has 2 rings (SSSR count). The van der Waals surface area contributed by atoms with E-state index in [1.165, 1.54) is 52.0 Å². The van der Waals surface area contributed by atoms with Crippen molar-refractivity contribution in [2.24, 2.45) is 0 Å². The second-order valence-corrected chi connectivity index (χ2v) is 6.24. The van der Waals surface area contributed by atoms with Crippen molar-refractivity contribution in [1.82, 2.24) is 20.0 Å². The van der Waals surface area contributed by atoms with Crippen LogP contribution in [0.3, 0.4) is 0 Å². The van der Waals surface area contributed by atoms with Crippen LogP contribution in [-0.4, -0.2) is 87.7 Å². The van der Waals surface area contributed by atoms with E-state index in [0.29, 0.717) is 0 Å². The Labute approximate surface area is 133 Å². The van der Waals surface area contributed by atoms with E-state index >= 15 is 0 Å². The number of hydrogen-bond acceptors (Lipinski definition) is 4. The molecule has 4 heteroatoms. The second kappa shape index (κ2) is 13.5. The SMILES string of the molecule is CC.CC(CCN(C)C)N1CCCC1.CN1CCNCC1. The third kappa shape index (κ3) is 11.1. The van der Waals surface area contributed by atoms with Crippen LogP contribution < -0.4 is 5.32 Å². The van der Waals surface area contributed by atoms with Crippen LogP contribution >= 0.6 is 0 Å². The molecule has 0 aromatic rings. The molecule has 0 radical (unpaired) electrons. The summed E-state index contributed by atoms with van der Waals surface area (Å²) in [4.78, 5) is 7.21. The molecule has 2 aliphatic rings. The summed E-state index contributed by atoms with van der Waals surface area (Å²) in [6.07, 6.45) is 4.13. The number of likely N-dealkylation sites (tertiary alicyclic amines) is 1. The van der Waals surface area contributed by atoms with Crippen LogP contribution in [0, 0.1) is 0 Å². The monoisotopic (exact) mass is 300 g/mol. The van der Waals surface area contributed by atoms with Crippen molar-refractivity contribution in [2.45, 2.75) is 46.1 Å². The molecule has 2 fully saturated rings. The zero-order chi connectivity index (χ0) is 16.1. The minimum atomic E-state index is 0.787. The fourth-order valence-corrected chi connectivity index (χ4v) is 2.59. The molecule has 128 valence electrons. The Kier molecular flexibility index (Phi) is 13.4. The van der Waals surface area contributed by atoms with E-state index in [-0.39, 0.29) is 0 Å². The molecule has 0 bridgehead atoms. The lowest BCUT2D eigenvalue weighted by atomic mass is 10.2. The minimum Gasteiger partial charge on any atom is -0.314 e. The maximum atomic E-state index is 3.27. The Bertz CT molecular complexity index is 209. The lowest BCUT2D eigenvalue weighted by Gasteiger charge is -2.24. The van der Waals surface area contributed by atoms with E-state index < -0.39 is 0 Å². The highest BCUT2D eigenvalue weighted by Crippen LogP contribution is 2.13. The van der Waals surface area contributed by atoms with Gasteiger partial charge < -0.3 is 20.0 Å². The van der Waals surface area contributed by atoms with E-state index in [1.54, 1.807) is 0 Å². The average molecular weight is 301 g/mol. The van der Waals surface area contributed by atoms with Gasteiger partial charge >= 0.3 is 0 Å². The summed E-state index contributed by atoms with van der Waals surface area (Å²) in [6.45, 7) is 15.0. The summed E-state index contributed by atoms with van der Waals surface area (Å²) in [5.41, 5.74) is 0. The largest absolute Gasteiger partial charge is 0.314 e. The number of rotatable bonds is 4. The van der Waals surface area contributed by atoms with Gasteiger partial charge in [0.05, 0.1) is 0 Å². The molecule has 4 nitrogen and oxygen atoms in total. The quantitative estimate of drug-likeness (QED) is 0.857. The molecule has 0 saturated carbocycles. The first-order valence-corrected chi connectivity index (χ1v) is 8.87. The standard InChI is InChI=1S/C10H22N2.C5H12N2.C2H6/c1-10(6-9-11(2)3)12-7-4-5-8-12;1-7-4-2-6-3-5-7;1-2/h10H,4-9H2,1-3H3;6H,2-5H2,1H3;1-2H3. The number of nitrogens with zero attached hydrogens (tertiary/aromatic N) is 3. The van der Waals surface area contributed by atoms with Crippen LogP contribution in [0.5, 0.6) is 0 Å². The maximum Gasteiger partial charge on any atom is 0.0104 e. The molecule has 0 aromatic heterocycles.